The molecule has 11 heavy (non-hydrogen) atoms. The first-order valence-corrected chi connectivity index (χ1v) is 3.99. The van der Waals surface area contributed by atoms with E-state index < -0.39 is 0 Å². The van der Waals surface area contributed by atoms with Gasteiger partial charge in [0, 0.05) is 5.71 Å². The third-order valence-corrected chi connectivity index (χ3v) is 2.01. The highest BCUT2D eigenvalue weighted by Gasteiger charge is 2.08. The molecule has 0 saturated heterocycles. The molecule has 0 radical (unpaired) electrons. The fourth-order valence-corrected chi connectivity index (χ4v) is 0.742. The molecule has 0 aliphatic rings. The number of hydrogen-bond donors (Lipinski definition) is 2. The predicted molar refractivity (Wildman–Crippen MR) is 47.4 cm³/mol. The van der Waals surface area contributed by atoms with Crippen molar-refractivity contribution < 1.29 is 5.11 Å². The third-order valence-electron chi connectivity index (χ3n) is 2.01. The van der Waals surface area contributed by atoms with Gasteiger partial charge in [-0.3, -0.25) is 0 Å². The van der Waals surface area contributed by atoms with Crippen molar-refractivity contribution >= 4 is 5.71 Å². The maximum Gasteiger partial charge on any atom is 0.0537 e. The van der Waals surface area contributed by atoms with Gasteiger partial charge in [0.25, 0.3) is 0 Å². The predicted octanol–water partition coefficient (Wildman–Crippen LogP) is 1.12. The number of aliphatic hydroxyl groups excluding tert-OH is 1. The summed E-state index contributed by atoms with van der Waals surface area (Å²) in [5.74, 6) is 5.39. The van der Waals surface area contributed by atoms with Crippen molar-refractivity contribution in [3.05, 3.63) is 0 Å². The second kappa shape index (κ2) is 5.13. The van der Waals surface area contributed by atoms with Crippen LogP contribution in [-0.2, 0) is 0 Å². The highest BCUT2D eigenvalue weighted by Crippen LogP contribution is 2.10. The van der Waals surface area contributed by atoms with E-state index >= 15 is 0 Å². The lowest BCUT2D eigenvalue weighted by Crippen LogP contribution is -2.14. The highest BCUT2D eigenvalue weighted by atomic mass is 16.3. The molecule has 0 aromatic rings. The molecular weight excluding hydrogens is 140 g/mol. The molecule has 0 aliphatic heterocycles. The summed E-state index contributed by atoms with van der Waals surface area (Å²) in [5.41, 5.74) is 0.942. The molecule has 0 spiro atoms. The molecule has 0 amide bonds. The smallest absolute Gasteiger partial charge is 0.0537 e. The van der Waals surface area contributed by atoms with Crippen LogP contribution in [-0.4, -0.2) is 16.9 Å². The molecule has 0 fully saturated rings. The van der Waals surface area contributed by atoms with Gasteiger partial charge < -0.3 is 10.9 Å². The summed E-state index contributed by atoms with van der Waals surface area (Å²) in [5, 5.41) is 12.7. The molecule has 0 aromatic carbocycles. The standard InChI is InChI=1S/C8H18N2O/c1-6(8(3)11)4-5-7(2)10-9/h6,8,11H,4-5,9H2,1-3H3/b10-7+/t6?,8-/m1/s1. The van der Waals surface area contributed by atoms with Crippen molar-refractivity contribution in [1.29, 1.82) is 0 Å². The first-order valence-electron chi connectivity index (χ1n) is 3.99. The summed E-state index contributed by atoms with van der Waals surface area (Å²) < 4.78 is 0. The van der Waals surface area contributed by atoms with Gasteiger partial charge in [-0.2, -0.15) is 5.10 Å². The molecule has 0 saturated carbocycles. The summed E-state index contributed by atoms with van der Waals surface area (Å²) in [6.07, 6.45) is 1.59. The van der Waals surface area contributed by atoms with Gasteiger partial charge in [0.2, 0.25) is 0 Å². The van der Waals surface area contributed by atoms with E-state index in [0.717, 1.165) is 18.6 Å². The minimum atomic E-state index is -0.236. The Labute approximate surface area is 68.3 Å². The fourth-order valence-electron chi connectivity index (χ4n) is 0.742. The molecule has 0 heterocycles. The maximum atomic E-state index is 9.14. The van der Waals surface area contributed by atoms with Crippen LogP contribution >= 0.6 is 0 Å². The average molecular weight is 158 g/mol. The van der Waals surface area contributed by atoms with Crippen LogP contribution < -0.4 is 5.84 Å². The van der Waals surface area contributed by atoms with Crippen LogP contribution in [0.3, 0.4) is 0 Å². The second-order valence-corrected chi connectivity index (χ2v) is 3.12. The molecule has 3 N–H and O–H groups in total. The van der Waals surface area contributed by atoms with E-state index in [4.69, 9.17) is 10.9 Å². The topological polar surface area (TPSA) is 58.6 Å². The summed E-state index contributed by atoms with van der Waals surface area (Å²) >= 11 is 0. The van der Waals surface area contributed by atoms with E-state index in [-0.39, 0.29) is 6.10 Å². The summed E-state index contributed by atoms with van der Waals surface area (Å²) in [4.78, 5) is 0. The Morgan fingerprint density at radius 3 is 2.45 bits per heavy atom. The Morgan fingerprint density at radius 1 is 1.55 bits per heavy atom. The van der Waals surface area contributed by atoms with E-state index in [1.54, 1.807) is 6.92 Å². The lowest BCUT2D eigenvalue weighted by molar-refractivity contribution is 0.131. The number of hydrazone groups is 1. The van der Waals surface area contributed by atoms with Gasteiger partial charge in [0.1, 0.15) is 0 Å². The van der Waals surface area contributed by atoms with Crippen molar-refractivity contribution in [2.45, 2.75) is 39.7 Å². The van der Waals surface area contributed by atoms with Crippen LogP contribution in [0.15, 0.2) is 5.10 Å². The zero-order valence-electron chi connectivity index (χ0n) is 7.54. The van der Waals surface area contributed by atoms with Crippen LogP contribution in [0.25, 0.3) is 0 Å². The zero-order valence-corrected chi connectivity index (χ0v) is 7.54. The number of rotatable bonds is 4. The average Bonchev–Trinajstić information content (AvgIpc) is 1.99. The lowest BCUT2D eigenvalue weighted by atomic mass is 9.99. The van der Waals surface area contributed by atoms with Crippen molar-refractivity contribution in [3.8, 4) is 0 Å². The van der Waals surface area contributed by atoms with Crippen molar-refractivity contribution in [1.82, 2.24) is 0 Å². The van der Waals surface area contributed by atoms with Gasteiger partial charge in [-0.05, 0) is 32.6 Å². The summed E-state index contributed by atoms with van der Waals surface area (Å²) in [6, 6.07) is 0. The second-order valence-electron chi connectivity index (χ2n) is 3.12. The lowest BCUT2D eigenvalue weighted by Gasteiger charge is -2.13. The quantitative estimate of drug-likeness (QED) is 0.366. The van der Waals surface area contributed by atoms with Crippen LogP contribution in [0.5, 0.6) is 0 Å². The minimum absolute atomic E-state index is 0.236. The SMILES string of the molecule is C/C(CCC(C)[C@@H](C)O)=N\N. The first kappa shape index (κ1) is 10.4. The maximum absolute atomic E-state index is 9.14. The summed E-state index contributed by atoms with van der Waals surface area (Å²) in [7, 11) is 0. The number of hydrogen-bond acceptors (Lipinski definition) is 3. The van der Waals surface area contributed by atoms with E-state index in [1.807, 2.05) is 13.8 Å². The molecule has 0 aliphatic carbocycles. The first-order chi connectivity index (χ1) is 5.07. The van der Waals surface area contributed by atoms with Crippen molar-refractivity contribution in [3.63, 3.8) is 0 Å². The van der Waals surface area contributed by atoms with Gasteiger partial charge in [-0.15, -0.1) is 0 Å². The Kier molecular flexibility index (Phi) is 4.86. The third kappa shape index (κ3) is 4.79. The van der Waals surface area contributed by atoms with Crippen molar-refractivity contribution in [2.75, 3.05) is 0 Å². The molecule has 3 heteroatoms. The monoisotopic (exact) mass is 158 g/mol. The van der Waals surface area contributed by atoms with E-state index in [2.05, 4.69) is 5.10 Å². The Hall–Kier alpha value is -0.570. The van der Waals surface area contributed by atoms with Gasteiger partial charge in [-0.1, -0.05) is 6.92 Å². The highest BCUT2D eigenvalue weighted by molar-refractivity contribution is 5.81. The molecule has 0 rings (SSSR count). The Balaban J connectivity index is 3.54. The van der Waals surface area contributed by atoms with Crippen LogP contribution in [0.1, 0.15) is 33.6 Å². The van der Waals surface area contributed by atoms with E-state index in [1.165, 1.54) is 0 Å². The van der Waals surface area contributed by atoms with Gasteiger partial charge >= 0.3 is 0 Å². The molecule has 0 aromatic heterocycles. The fraction of sp³-hybridized carbons (Fsp3) is 0.875. The molecule has 2 atom stereocenters. The Bertz CT molecular complexity index is 132. The number of nitrogens with two attached hydrogens (primary N) is 1. The minimum Gasteiger partial charge on any atom is -0.393 e. The molecular formula is C8H18N2O. The van der Waals surface area contributed by atoms with Crippen LogP contribution in [0.4, 0.5) is 0 Å². The van der Waals surface area contributed by atoms with Gasteiger partial charge in [-0.25, -0.2) is 0 Å². The number of nitrogens with zero attached hydrogens (tertiary/aromatic N) is 1. The number of aliphatic hydroxyl groups is 1. The van der Waals surface area contributed by atoms with Gasteiger partial charge in [0.05, 0.1) is 6.10 Å². The van der Waals surface area contributed by atoms with Crippen molar-refractivity contribution in [2.24, 2.45) is 16.9 Å². The molecule has 66 valence electrons. The van der Waals surface area contributed by atoms with Crippen LogP contribution in [0.2, 0.25) is 0 Å². The molecule has 1 unspecified atom stereocenters. The Morgan fingerprint density at radius 2 is 2.09 bits per heavy atom. The van der Waals surface area contributed by atoms with E-state index in [9.17, 15) is 0 Å². The van der Waals surface area contributed by atoms with Crippen LogP contribution in [0, 0.1) is 5.92 Å². The zero-order chi connectivity index (χ0) is 8.85. The largest absolute Gasteiger partial charge is 0.393 e. The van der Waals surface area contributed by atoms with E-state index in [0.29, 0.717) is 5.92 Å². The molecule has 3 nitrogen and oxygen atoms in total. The normalized spacial score (nSPS) is 18.0. The molecule has 0 bridgehead atoms. The van der Waals surface area contributed by atoms with Gasteiger partial charge in [0.15, 0.2) is 0 Å². The summed E-state index contributed by atoms with van der Waals surface area (Å²) in [6.45, 7) is 5.73.